The molecule has 4 aromatic rings. The van der Waals surface area contributed by atoms with Crippen molar-refractivity contribution < 1.29 is 0 Å². The summed E-state index contributed by atoms with van der Waals surface area (Å²) in [6, 6.07) is 17.5. The molecule has 2 nitrogen and oxygen atoms in total. The van der Waals surface area contributed by atoms with E-state index in [1.165, 1.54) is 33.2 Å². The molecule has 0 saturated carbocycles. The number of benzene rings is 3. The van der Waals surface area contributed by atoms with Gasteiger partial charge in [-0.1, -0.05) is 101 Å². The molecule has 0 aliphatic heterocycles. The largest absolute Gasteiger partial charge is 0.223 e. The second-order valence-electron chi connectivity index (χ2n) is 11.5. The molecule has 0 saturated heterocycles. The van der Waals surface area contributed by atoms with E-state index < -0.39 is 0 Å². The molecule has 0 spiro atoms. The first-order valence-electron chi connectivity index (χ1n) is 12.9. The lowest BCUT2D eigenvalue weighted by Crippen LogP contribution is -2.28. The Morgan fingerprint density at radius 1 is 0.917 bits per heavy atom. The lowest BCUT2D eigenvalue weighted by Gasteiger charge is -2.35. The minimum Gasteiger partial charge on any atom is -0.217 e. The fourth-order valence-electron chi connectivity index (χ4n) is 7.14. The molecule has 0 amide bonds. The van der Waals surface area contributed by atoms with Gasteiger partial charge in [0.15, 0.2) is 0 Å². The SMILES string of the molecule is CC1C=Cc2c(c3c(C4=CCC5(C)C(=C4)C(C)(C)c4ccccc45)nc(Cl)nc3c3ccccc23)C1. The zero-order chi connectivity index (χ0) is 24.8. The normalized spacial score (nSPS) is 23.8. The third-order valence-electron chi connectivity index (χ3n) is 8.86. The molecular weight excluding hydrogens is 460 g/mol. The Bertz CT molecular complexity index is 1700. The van der Waals surface area contributed by atoms with Crippen LogP contribution in [0.2, 0.25) is 5.28 Å². The van der Waals surface area contributed by atoms with E-state index in [1.807, 2.05) is 0 Å². The van der Waals surface area contributed by atoms with Crippen LogP contribution in [0.4, 0.5) is 0 Å². The van der Waals surface area contributed by atoms with Gasteiger partial charge >= 0.3 is 0 Å². The Labute approximate surface area is 217 Å². The van der Waals surface area contributed by atoms with Crippen LogP contribution < -0.4 is 0 Å². The monoisotopic (exact) mass is 488 g/mol. The predicted molar refractivity (Wildman–Crippen MR) is 151 cm³/mol. The average molecular weight is 489 g/mol. The smallest absolute Gasteiger partial charge is 0.217 e. The zero-order valence-electron chi connectivity index (χ0n) is 21.2. The maximum Gasteiger partial charge on any atom is 0.223 e. The van der Waals surface area contributed by atoms with Crippen LogP contribution >= 0.6 is 11.6 Å². The van der Waals surface area contributed by atoms with Crippen molar-refractivity contribution in [3.63, 3.8) is 0 Å². The highest BCUT2D eigenvalue weighted by molar-refractivity contribution is 6.29. The fraction of sp³-hybridized carbons (Fsp3) is 0.273. The molecule has 0 bridgehead atoms. The van der Waals surface area contributed by atoms with E-state index >= 15 is 0 Å². The summed E-state index contributed by atoms with van der Waals surface area (Å²) in [4.78, 5) is 9.73. The molecule has 0 fully saturated rings. The summed E-state index contributed by atoms with van der Waals surface area (Å²) < 4.78 is 0. The van der Waals surface area contributed by atoms with E-state index in [2.05, 4.69) is 101 Å². The average Bonchev–Trinajstić information content (AvgIpc) is 3.06. The minimum atomic E-state index is -0.0408. The van der Waals surface area contributed by atoms with Crippen molar-refractivity contribution in [2.45, 2.75) is 51.4 Å². The lowest BCUT2D eigenvalue weighted by atomic mass is 9.69. The number of fused-ring (bicyclic) bond motifs is 9. The molecule has 36 heavy (non-hydrogen) atoms. The summed E-state index contributed by atoms with van der Waals surface area (Å²) in [5.41, 5.74) is 10.0. The molecule has 178 valence electrons. The minimum absolute atomic E-state index is 0.000399. The Morgan fingerprint density at radius 3 is 2.44 bits per heavy atom. The fourth-order valence-corrected chi connectivity index (χ4v) is 7.31. The number of hydrogen-bond acceptors (Lipinski definition) is 2. The van der Waals surface area contributed by atoms with E-state index in [9.17, 15) is 0 Å². The Balaban J connectivity index is 1.53. The van der Waals surface area contributed by atoms with Crippen LogP contribution in [0.1, 0.15) is 62.1 Å². The Morgan fingerprint density at radius 2 is 1.64 bits per heavy atom. The lowest BCUT2D eigenvalue weighted by molar-refractivity contribution is 0.513. The van der Waals surface area contributed by atoms with E-state index in [-0.39, 0.29) is 10.8 Å². The van der Waals surface area contributed by atoms with Crippen LogP contribution in [0.5, 0.6) is 0 Å². The molecule has 0 N–H and O–H groups in total. The molecular formula is C33H29ClN2. The van der Waals surface area contributed by atoms with Crippen molar-refractivity contribution in [1.82, 2.24) is 9.97 Å². The molecule has 1 aromatic heterocycles. The molecule has 3 heteroatoms. The van der Waals surface area contributed by atoms with Gasteiger partial charge in [-0.05, 0) is 69.1 Å². The summed E-state index contributed by atoms with van der Waals surface area (Å²) in [5, 5.41) is 3.84. The van der Waals surface area contributed by atoms with Crippen molar-refractivity contribution in [1.29, 1.82) is 0 Å². The van der Waals surface area contributed by atoms with E-state index in [1.54, 1.807) is 0 Å². The van der Waals surface area contributed by atoms with Crippen molar-refractivity contribution in [2.75, 3.05) is 0 Å². The zero-order valence-corrected chi connectivity index (χ0v) is 21.9. The molecule has 7 rings (SSSR count). The van der Waals surface area contributed by atoms with Crippen LogP contribution in [0.15, 0.2) is 72.3 Å². The number of aromatic nitrogens is 2. The molecule has 3 aliphatic carbocycles. The second-order valence-corrected chi connectivity index (χ2v) is 11.8. The van der Waals surface area contributed by atoms with Crippen molar-refractivity contribution in [3.8, 4) is 0 Å². The van der Waals surface area contributed by atoms with Gasteiger partial charge in [0.25, 0.3) is 0 Å². The summed E-state index contributed by atoms with van der Waals surface area (Å²) in [5.74, 6) is 0.468. The summed E-state index contributed by atoms with van der Waals surface area (Å²) >= 11 is 6.64. The summed E-state index contributed by atoms with van der Waals surface area (Å²) in [6.07, 6.45) is 11.3. The summed E-state index contributed by atoms with van der Waals surface area (Å²) in [7, 11) is 0. The highest BCUT2D eigenvalue weighted by Gasteiger charge is 2.49. The van der Waals surface area contributed by atoms with E-state index in [0.717, 1.165) is 40.4 Å². The molecule has 3 aromatic carbocycles. The molecule has 1 heterocycles. The van der Waals surface area contributed by atoms with Gasteiger partial charge in [0.05, 0.1) is 11.2 Å². The first-order valence-corrected chi connectivity index (χ1v) is 13.3. The van der Waals surface area contributed by atoms with Gasteiger partial charge in [0, 0.05) is 21.6 Å². The van der Waals surface area contributed by atoms with Crippen molar-refractivity contribution in [3.05, 3.63) is 106 Å². The van der Waals surface area contributed by atoms with Gasteiger partial charge in [-0.2, -0.15) is 0 Å². The van der Waals surface area contributed by atoms with Crippen LogP contribution in [-0.4, -0.2) is 9.97 Å². The van der Waals surface area contributed by atoms with Gasteiger partial charge in [-0.25, -0.2) is 9.97 Å². The van der Waals surface area contributed by atoms with Gasteiger partial charge in [0.2, 0.25) is 5.28 Å². The van der Waals surface area contributed by atoms with Crippen LogP contribution in [-0.2, 0) is 17.3 Å². The topological polar surface area (TPSA) is 25.8 Å². The summed E-state index contributed by atoms with van der Waals surface area (Å²) in [6.45, 7) is 9.40. The van der Waals surface area contributed by atoms with E-state index in [0.29, 0.717) is 11.2 Å². The van der Waals surface area contributed by atoms with Gasteiger partial charge in [0.1, 0.15) is 0 Å². The molecule has 2 atom stereocenters. The maximum absolute atomic E-state index is 6.64. The van der Waals surface area contributed by atoms with Gasteiger partial charge in [-0.15, -0.1) is 0 Å². The molecule has 2 unspecified atom stereocenters. The van der Waals surface area contributed by atoms with Crippen molar-refractivity contribution >= 4 is 44.9 Å². The van der Waals surface area contributed by atoms with Gasteiger partial charge in [-0.3, -0.25) is 0 Å². The first kappa shape index (κ1) is 22.0. The first-order chi connectivity index (χ1) is 17.3. The number of hydrogen-bond donors (Lipinski definition) is 0. The number of rotatable bonds is 1. The quantitative estimate of drug-likeness (QED) is 0.198. The van der Waals surface area contributed by atoms with Crippen LogP contribution in [0.25, 0.3) is 33.3 Å². The highest BCUT2D eigenvalue weighted by atomic mass is 35.5. The van der Waals surface area contributed by atoms with Crippen LogP contribution in [0.3, 0.4) is 0 Å². The predicted octanol–water partition coefficient (Wildman–Crippen LogP) is 8.60. The number of halogens is 1. The second kappa shape index (κ2) is 7.40. The van der Waals surface area contributed by atoms with Gasteiger partial charge < -0.3 is 0 Å². The number of nitrogens with zero attached hydrogens (tertiary/aromatic N) is 2. The van der Waals surface area contributed by atoms with Crippen LogP contribution in [0, 0.1) is 5.92 Å². The maximum atomic E-state index is 6.64. The Kier molecular flexibility index (Phi) is 4.52. The highest BCUT2D eigenvalue weighted by Crippen LogP contribution is 2.58. The van der Waals surface area contributed by atoms with E-state index in [4.69, 9.17) is 21.6 Å². The van der Waals surface area contributed by atoms with Crippen molar-refractivity contribution in [2.24, 2.45) is 5.92 Å². The molecule has 0 radical (unpaired) electrons. The third-order valence-corrected chi connectivity index (χ3v) is 9.03. The number of allylic oxidation sites excluding steroid dienone is 5. The Hall–Kier alpha value is -3.23. The standard InChI is InChI=1S/C33H29ClN2/c1-19-13-14-22-21-9-5-6-10-23(21)30-28(24(22)17-19)29(35-31(34)36-30)20-15-16-33(4)26-12-8-7-11-25(26)32(2,3)27(33)18-20/h5-15,18-19H,16-17H2,1-4H3. The molecule has 3 aliphatic rings. The third kappa shape index (κ3) is 2.85.